The third kappa shape index (κ3) is 6.08. The number of rotatable bonds is 5. The molecule has 3 N–H and O–H groups in total. The molecule has 0 bridgehead atoms. The molecule has 0 aliphatic carbocycles. The van der Waals surface area contributed by atoms with Gasteiger partial charge in [0.25, 0.3) is 11.8 Å². The van der Waals surface area contributed by atoms with Gasteiger partial charge in [-0.05, 0) is 50.5 Å². The van der Waals surface area contributed by atoms with Crippen molar-refractivity contribution in [3.8, 4) is 5.75 Å². The van der Waals surface area contributed by atoms with Crippen molar-refractivity contribution in [2.45, 2.75) is 32.2 Å². The third-order valence-electron chi connectivity index (χ3n) is 3.99. The first-order valence-corrected chi connectivity index (χ1v) is 8.23. The average Bonchev–Trinajstić information content (AvgIpc) is 2.54. The Hall–Kier alpha value is -1.79. The zero-order valence-electron chi connectivity index (χ0n) is 13.2. The predicted molar refractivity (Wildman–Crippen MR) is 87.2 cm³/mol. The summed E-state index contributed by atoms with van der Waals surface area (Å²) in [6.07, 6.45) is 3.52. The van der Waals surface area contributed by atoms with Crippen molar-refractivity contribution in [2.75, 3.05) is 19.7 Å². The van der Waals surface area contributed by atoms with E-state index in [9.17, 15) is 9.59 Å². The van der Waals surface area contributed by atoms with E-state index in [0.717, 1.165) is 19.4 Å². The van der Waals surface area contributed by atoms with Crippen molar-refractivity contribution in [1.29, 1.82) is 0 Å². The number of ether oxygens (including phenoxy) is 1. The van der Waals surface area contributed by atoms with Gasteiger partial charge in [0.2, 0.25) is 0 Å². The summed E-state index contributed by atoms with van der Waals surface area (Å²) in [6, 6.07) is 7.20. The summed E-state index contributed by atoms with van der Waals surface area (Å²) < 4.78 is 5.29. The van der Waals surface area contributed by atoms with Gasteiger partial charge in [-0.1, -0.05) is 11.6 Å². The monoisotopic (exact) mass is 340 g/mol. The summed E-state index contributed by atoms with van der Waals surface area (Å²) in [6.45, 7) is 3.36. The second-order valence-corrected chi connectivity index (χ2v) is 6.26. The van der Waals surface area contributed by atoms with Crippen LogP contribution in [0, 0.1) is 0 Å². The molecule has 126 valence electrons. The summed E-state index contributed by atoms with van der Waals surface area (Å²) >= 11 is 5.76. The lowest BCUT2D eigenvalue weighted by molar-refractivity contribution is -0.921. The quantitative estimate of drug-likeness (QED) is 0.676. The van der Waals surface area contributed by atoms with Crippen LogP contribution >= 0.6 is 11.6 Å². The van der Waals surface area contributed by atoms with E-state index in [0.29, 0.717) is 23.4 Å². The number of hydrazine groups is 1. The van der Waals surface area contributed by atoms with Crippen molar-refractivity contribution in [3.63, 3.8) is 0 Å². The number of piperidine rings is 1. The van der Waals surface area contributed by atoms with Gasteiger partial charge in [0, 0.05) is 5.02 Å². The largest absolute Gasteiger partial charge is 0.484 e. The fourth-order valence-corrected chi connectivity index (χ4v) is 2.75. The molecule has 0 aromatic heterocycles. The molecule has 1 aromatic rings. The summed E-state index contributed by atoms with van der Waals surface area (Å²) in [5.41, 5.74) is 4.80. The van der Waals surface area contributed by atoms with E-state index in [1.165, 1.54) is 11.3 Å². The van der Waals surface area contributed by atoms with Crippen LogP contribution in [0.4, 0.5) is 0 Å². The average molecular weight is 341 g/mol. The van der Waals surface area contributed by atoms with Crippen LogP contribution in [0.25, 0.3) is 0 Å². The molecular formula is C16H23ClN3O3+. The summed E-state index contributed by atoms with van der Waals surface area (Å²) in [5.74, 6) is -0.0500. The highest BCUT2D eigenvalue weighted by Gasteiger charge is 2.24. The Morgan fingerprint density at radius 1 is 1.22 bits per heavy atom. The molecule has 6 nitrogen and oxygen atoms in total. The molecular weight excluding hydrogens is 318 g/mol. The van der Waals surface area contributed by atoms with E-state index in [1.807, 2.05) is 0 Å². The van der Waals surface area contributed by atoms with Crippen LogP contribution in [0.1, 0.15) is 26.2 Å². The topological polar surface area (TPSA) is 71.9 Å². The van der Waals surface area contributed by atoms with Crippen molar-refractivity contribution >= 4 is 23.4 Å². The van der Waals surface area contributed by atoms with Gasteiger partial charge in [-0.3, -0.25) is 20.4 Å². The molecule has 1 heterocycles. The van der Waals surface area contributed by atoms with Gasteiger partial charge in [0.15, 0.2) is 13.2 Å². The Kier molecular flexibility index (Phi) is 6.67. The highest BCUT2D eigenvalue weighted by atomic mass is 35.5. The molecule has 0 spiro atoms. The molecule has 1 unspecified atom stereocenters. The Morgan fingerprint density at radius 2 is 1.91 bits per heavy atom. The lowest BCUT2D eigenvalue weighted by Crippen LogP contribution is -3.17. The number of amides is 2. The summed E-state index contributed by atoms with van der Waals surface area (Å²) in [5, 5.41) is 0.600. The molecule has 1 aliphatic heterocycles. The Labute approximate surface area is 141 Å². The van der Waals surface area contributed by atoms with Gasteiger partial charge >= 0.3 is 0 Å². The highest BCUT2D eigenvalue weighted by molar-refractivity contribution is 6.30. The van der Waals surface area contributed by atoms with E-state index in [2.05, 4.69) is 17.8 Å². The van der Waals surface area contributed by atoms with Crippen molar-refractivity contribution < 1.29 is 19.2 Å². The smallest absolute Gasteiger partial charge is 0.293 e. The third-order valence-corrected chi connectivity index (χ3v) is 4.25. The predicted octanol–water partition coefficient (Wildman–Crippen LogP) is 0.324. The molecule has 1 fully saturated rings. The van der Waals surface area contributed by atoms with E-state index in [1.54, 1.807) is 24.3 Å². The number of halogens is 1. The SMILES string of the molecule is C[C@H]1CCCC[NH+]1CC(=O)NNC(=O)COc1ccc(Cl)cc1. The number of likely N-dealkylation sites (tertiary alicyclic amines) is 1. The molecule has 1 aliphatic rings. The molecule has 2 amide bonds. The van der Waals surface area contributed by atoms with Crippen LogP contribution in [0.2, 0.25) is 5.02 Å². The minimum absolute atomic E-state index is 0.172. The second kappa shape index (κ2) is 8.74. The van der Waals surface area contributed by atoms with Crippen LogP contribution in [-0.4, -0.2) is 37.6 Å². The van der Waals surface area contributed by atoms with E-state index >= 15 is 0 Å². The van der Waals surface area contributed by atoms with Crippen LogP contribution in [0.3, 0.4) is 0 Å². The molecule has 1 aromatic carbocycles. The second-order valence-electron chi connectivity index (χ2n) is 5.82. The van der Waals surface area contributed by atoms with Gasteiger partial charge in [-0.2, -0.15) is 0 Å². The van der Waals surface area contributed by atoms with Crippen molar-refractivity contribution in [1.82, 2.24) is 10.9 Å². The maximum Gasteiger partial charge on any atom is 0.293 e. The number of nitrogens with one attached hydrogen (secondary N) is 3. The van der Waals surface area contributed by atoms with E-state index in [4.69, 9.17) is 16.3 Å². The number of quaternary nitrogens is 1. The Balaban J connectivity index is 1.65. The summed E-state index contributed by atoms with van der Waals surface area (Å²) in [7, 11) is 0. The van der Waals surface area contributed by atoms with Crippen molar-refractivity contribution in [3.05, 3.63) is 29.3 Å². The molecule has 23 heavy (non-hydrogen) atoms. The first-order chi connectivity index (χ1) is 11.0. The molecule has 1 saturated heterocycles. The molecule has 7 heteroatoms. The van der Waals surface area contributed by atoms with Crippen LogP contribution in [0.15, 0.2) is 24.3 Å². The van der Waals surface area contributed by atoms with Gasteiger partial charge in [0.1, 0.15) is 5.75 Å². The number of benzene rings is 1. The van der Waals surface area contributed by atoms with Gasteiger partial charge in [-0.15, -0.1) is 0 Å². The van der Waals surface area contributed by atoms with Crippen molar-refractivity contribution in [2.24, 2.45) is 0 Å². The Bertz CT molecular complexity index is 536. The zero-order valence-corrected chi connectivity index (χ0v) is 14.0. The Morgan fingerprint density at radius 3 is 2.61 bits per heavy atom. The fourth-order valence-electron chi connectivity index (χ4n) is 2.62. The molecule has 2 rings (SSSR count). The van der Waals surface area contributed by atoms with Gasteiger partial charge in [-0.25, -0.2) is 0 Å². The minimum atomic E-state index is -0.407. The van der Waals surface area contributed by atoms with Crippen LogP contribution in [0.5, 0.6) is 5.75 Å². The van der Waals surface area contributed by atoms with Gasteiger partial charge in [0.05, 0.1) is 12.6 Å². The normalized spacial score (nSPS) is 20.6. The minimum Gasteiger partial charge on any atom is -0.484 e. The lowest BCUT2D eigenvalue weighted by atomic mass is 10.0. The fraction of sp³-hybridized carbons (Fsp3) is 0.500. The van der Waals surface area contributed by atoms with E-state index < -0.39 is 5.91 Å². The maximum atomic E-state index is 11.9. The standard InChI is InChI=1S/C16H22ClN3O3/c1-12-4-2-3-9-20(12)10-15(21)18-19-16(22)11-23-14-7-5-13(17)6-8-14/h5-8,12H,2-4,9-11H2,1H3,(H,18,21)(H,19,22)/p+1/t12-/m0/s1. The summed E-state index contributed by atoms with van der Waals surface area (Å²) in [4.78, 5) is 24.8. The van der Waals surface area contributed by atoms with Crippen LogP contribution in [-0.2, 0) is 9.59 Å². The van der Waals surface area contributed by atoms with E-state index in [-0.39, 0.29) is 12.5 Å². The maximum absolute atomic E-state index is 11.9. The zero-order chi connectivity index (χ0) is 16.7. The molecule has 2 atom stereocenters. The highest BCUT2D eigenvalue weighted by Crippen LogP contribution is 2.15. The number of carbonyl (C=O) groups excluding carboxylic acids is 2. The first kappa shape index (κ1) is 17.6. The lowest BCUT2D eigenvalue weighted by Gasteiger charge is -2.29. The first-order valence-electron chi connectivity index (χ1n) is 7.85. The number of hydrogen-bond donors (Lipinski definition) is 3. The molecule has 0 saturated carbocycles. The van der Waals surface area contributed by atoms with Gasteiger partial charge < -0.3 is 9.64 Å². The molecule has 0 radical (unpaired) electrons. The number of carbonyl (C=O) groups is 2. The van der Waals surface area contributed by atoms with Crippen LogP contribution < -0.4 is 20.5 Å². The number of hydrogen-bond acceptors (Lipinski definition) is 3.